The number of carbonyl (C=O) groups excluding carboxylic acids is 1. The molecule has 1 aliphatic carbocycles. The van der Waals surface area contributed by atoms with Gasteiger partial charge in [-0.05, 0) is 42.7 Å². The van der Waals surface area contributed by atoms with E-state index in [1.807, 2.05) is 30.3 Å². The second-order valence-electron chi connectivity index (χ2n) is 9.24. The third-order valence-electron chi connectivity index (χ3n) is 6.19. The van der Waals surface area contributed by atoms with Gasteiger partial charge in [-0.2, -0.15) is 15.0 Å². The van der Waals surface area contributed by atoms with Gasteiger partial charge in [0, 0.05) is 36.9 Å². The quantitative estimate of drug-likeness (QED) is 0.173. The minimum atomic E-state index is -0.167. The molecule has 6 N–H and O–H groups in total. The van der Waals surface area contributed by atoms with E-state index in [2.05, 4.69) is 48.4 Å². The van der Waals surface area contributed by atoms with Crippen LogP contribution in [0.15, 0.2) is 54.6 Å². The number of aromatic nitrogens is 3. The van der Waals surface area contributed by atoms with E-state index in [-0.39, 0.29) is 5.91 Å². The Bertz CT molecular complexity index is 1140. The molecule has 1 aromatic heterocycles. The van der Waals surface area contributed by atoms with Gasteiger partial charge in [-0.25, -0.2) is 0 Å². The highest BCUT2D eigenvalue weighted by atomic mass is 16.5. The predicted octanol–water partition coefficient (Wildman–Crippen LogP) is 3.30. The lowest BCUT2D eigenvalue weighted by atomic mass is 10.2. The number of ether oxygens (including phenoxy) is 2. The molecule has 2 aromatic carbocycles. The monoisotopic (exact) mass is 534 g/mol. The summed E-state index contributed by atoms with van der Waals surface area (Å²) in [6.07, 6.45) is 4.65. The molecule has 0 spiro atoms. The van der Waals surface area contributed by atoms with E-state index in [1.165, 1.54) is 12.8 Å². The standard InChI is InChI=1S/C28H38N8O3/c29-14-16-38-18-19-39-17-15-30-25(37)22-10-12-24(13-11-22)33-28-35-26(31-20-21-6-2-1-3-7-21)34-27(36-28)32-23-8-4-5-9-23/h1-3,6-7,10-13,23H,4-5,8-9,14-20,29H2,(H,30,37)(H3,31,32,33,34,35,36). The van der Waals surface area contributed by atoms with Crippen LogP contribution in [0.25, 0.3) is 0 Å². The molecular weight excluding hydrogens is 496 g/mol. The number of nitrogens with one attached hydrogen (secondary N) is 4. The van der Waals surface area contributed by atoms with E-state index in [9.17, 15) is 4.79 Å². The summed E-state index contributed by atoms with van der Waals surface area (Å²) in [7, 11) is 0. The lowest BCUT2D eigenvalue weighted by Crippen LogP contribution is -2.27. The molecule has 1 fully saturated rings. The molecular formula is C28H38N8O3. The van der Waals surface area contributed by atoms with Crippen molar-refractivity contribution < 1.29 is 14.3 Å². The Morgan fingerprint density at radius 3 is 2.28 bits per heavy atom. The summed E-state index contributed by atoms with van der Waals surface area (Å²) < 4.78 is 10.7. The minimum Gasteiger partial charge on any atom is -0.378 e. The molecule has 3 aromatic rings. The molecule has 1 heterocycles. The molecule has 0 atom stereocenters. The maximum atomic E-state index is 12.5. The predicted molar refractivity (Wildman–Crippen MR) is 152 cm³/mol. The summed E-state index contributed by atoms with van der Waals surface area (Å²) >= 11 is 0. The molecule has 0 radical (unpaired) electrons. The minimum absolute atomic E-state index is 0.167. The Hall–Kier alpha value is -3.80. The highest BCUT2D eigenvalue weighted by Gasteiger charge is 2.17. The molecule has 1 aliphatic rings. The van der Waals surface area contributed by atoms with Gasteiger partial charge in [-0.1, -0.05) is 43.2 Å². The molecule has 1 saturated carbocycles. The maximum absolute atomic E-state index is 12.5. The van der Waals surface area contributed by atoms with Crippen molar-refractivity contribution >= 4 is 29.4 Å². The smallest absolute Gasteiger partial charge is 0.251 e. The van der Waals surface area contributed by atoms with Crippen LogP contribution >= 0.6 is 0 Å². The van der Waals surface area contributed by atoms with Crippen LogP contribution in [0.5, 0.6) is 0 Å². The number of nitrogens with two attached hydrogens (primary N) is 1. The Morgan fingerprint density at radius 2 is 1.54 bits per heavy atom. The van der Waals surface area contributed by atoms with Crippen molar-refractivity contribution in [3.63, 3.8) is 0 Å². The van der Waals surface area contributed by atoms with Crippen LogP contribution in [0.4, 0.5) is 23.5 Å². The van der Waals surface area contributed by atoms with Crippen molar-refractivity contribution in [1.29, 1.82) is 0 Å². The van der Waals surface area contributed by atoms with Gasteiger partial charge < -0.3 is 36.5 Å². The van der Waals surface area contributed by atoms with E-state index in [1.54, 1.807) is 12.1 Å². The van der Waals surface area contributed by atoms with E-state index in [4.69, 9.17) is 15.2 Å². The fourth-order valence-corrected chi connectivity index (χ4v) is 4.18. The number of amides is 1. The van der Waals surface area contributed by atoms with Gasteiger partial charge >= 0.3 is 0 Å². The first-order chi connectivity index (χ1) is 19.2. The third kappa shape index (κ3) is 9.78. The van der Waals surface area contributed by atoms with Gasteiger partial charge in [-0.3, -0.25) is 4.79 Å². The largest absolute Gasteiger partial charge is 0.378 e. The molecule has 11 nitrogen and oxygen atoms in total. The Morgan fingerprint density at radius 1 is 0.846 bits per heavy atom. The van der Waals surface area contributed by atoms with Crippen molar-refractivity contribution in [1.82, 2.24) is 20.3 Å². The van der Waals surface area contributed by atoms with E-state index in [0.717, 1.165) is 24.1 Å². The van der Waals surface area contributed by atoms with E-state index < -0.39 is 0 Å². The summed E-state index contributed by atoms with van der Waals surface area (Å²) in [5.41, 5.74) is 7.81. The van der Waals surface area contributed by atoms with Gasteiger partial charge in [0.1, 0.15) is 0 Å². The number of benzene rings is 2. The zero-order valence-electron chi connectivity index (χ0n) is 22.2. The van der Waals surface area contributed by atoms with Gasteiger partial charge in [0.05, 0.1) is 26.4 Å². The fourth-order valence-electron chi connectivity index (χ4n) is 4.18. The zero-order valence-corrected chi connectivity index (χ0v) is 22.2. The molecule has 4 rings (SSSR count). The molecule has 0 saturated heterocycles. The second-order valence-corrected chi connectivity index (χ2v) is 9.24. The van der Waals surface area contributed by atoms with E-state index >= 15 is 0 Å². The first-order valence-corrected chi connectivity index (χ1v) is 13.5. The highest BCUT2D eigenvalue weighted by Crippen LogP contribution is 2.23. The van der Waals surface area contributed by atoms with Crippen LogP contribution in [-0.4, -0.2) is 66.4 Å². The average molecular weight is 535 g/mol. The fraction of sp³-hybridized carbons (Fsp3) is 0.429. The summed E-state index contributed by atoms with van der Waals surface area (Å²) in [6, 6.07) is 17.6. The molecule has 0 aliphatic heterocycles. The number of hydrogen-bond donors (Lipinski definition) is 5. The molecule has 39 heavy (non-hydrogen) atoms. The van der Waals surface area contributed by atoms with Crippen molar-refractivity contribution in [3.05, 3.63) is 65.7 Å². The zero-order chi connectivity index (χ0) is 27.1. The van der Waals surface area contributed by atoms with E-state index in [0.29, 0.717) is 75.5 Å². The second kappa shape index (κ2) is 15.6. The van der Waals surface area contributed by atoms with Crippen molar-refractivity contribution in [2.45, 2.75) is 38.3 Å². The first-order valence-electron chi connectivity index (χ1n) is 13.5. The van der Waals surface area contributed by atoms with Gasteiger partial charge in [0.2, 0.25) is 17.8 Å². The molecule has 0 bridgehead atoms. The van der Waals surface area contributed by atoms with Crippen LogP contribution < -0.4 is 27.0 Å². The third-order valence-corrected chi connectivity index (χ3v) is 6.19. The maximum Gasteiger partial charge on any atom is 0.251 e. The molecule has 1 amide bonds. The van der Waals surface area contributed by atoms with Crippen molar-refractivity contribution in [3.8, 4) is 0 Å². The van der Waals surface area contributed by atoms with Gasteiger partial charge in [0.15, 0.2) is 0 Å². The van der Waals surface area contributed by atoms with Crippen molar-refractivity contribution in [2.75, 3.05) is 55.5 Å². The number of carbonyl (C=O) groups is 1. The SMILES string of the molecule is NCCOCCOCCNC(=O)c1ccc(Nc2nc(NCc3ccccc3)nc(NC3CCCC3)n2)cc1. The Balaban J connectivity index is 1.32. The average Bonchev–Trinajstić information content (AvgIpc) is 3.47. The van der Waals surface area contributed by atoms with Crippen LogP contribution in [0.1, 0.15) is 41.6 Å². The van der Waals surface area contributed by atoms with Crippen LogP contribution in [0, 0.1) is 0 Å². The number of nitrogens with zero attached hydrogens (tertiary/aromatic N) is 3. The first kappa shape index (κ1) is 28.2. The highest BCUT2D eigenvalue weighted by molar-refractivity contribution is 5.94. The lowest BCUT2D eigenvalue weighted by Gasteiger charge is -2.15. The van der Waals surface area contributed by atoms with Crippen molar-refractivity contribution in [2.24, 2.45) is 5.73 Å². The van der Waals surface area contributed by atoms with Crippen LogP contribution in [0.3, 0.4) is 0 Å². The number of hydrogen-bond acceptors (Lipinski definition) is 10. The Kier molecular flexibility index (Phi) is 11.3. The Labute approximate surface area is 229 Å². The summed E-state index contributed by atoms with van der Waals surface area (Å²) in [5.74, 6) is 1.28. The molecule has 0 unspecified atom stereocenters. The lowest BCUT2D eigenvalue weighted by molar-refractivity contribution is 0.0511. The number of rotatable bonds is 16. The van der Waals surface area contributed by atoms with Gasteiger partial charge in [-0.15, -0.1) is 0 Å². The topological polar surface area (TPSA) is 148 Å². The van der Waals surface area contributed by atoms with Crippen LogP contribution in [0.2, 0.25) is 0 Å². The molecule has 208 valence electrons. The summed E-state index contributed by atoms with van der Waals surface area (Å²) in [6.45, 7) is 3.39. The van der Waals surface area contributed by atoms with Crippen LogP contribution in [-0.2, 0) is 16.0 Å². The van der Waals surface area contributed by atoms with Gasteiger partial charge in [0.25, 0.3) is 5.91 Å². The summed E-state index contributed by atoms with van der Waals surface area (Å²) in [4.78, 5) is 26.2. The summed E-state index contributed by atoms with van der Waals surface area (Å²) in [5, 5.41) is 12.8. The molecule has 11 heteroatoms. The number of anilines is 4. The normalized spacial score (nSPS) is 13.3.